The van der Waals surface area contributed by atoms with Gasteiger partial charge in [-0.1, -0.05) is 24.4 Å². The van der Waals surface area contributed by atoms with Gasteiger partial charge in [-0.25, -0.2) is 0 Å². The summed E-state index contributed by atoms with van der Waals surface area (Å²) in [4.78, 5) is 6.15. The van der Waals surface area contributed by atoms with E-state index in [9.17, 15) is 0 Å². The molecule has 0 saturated heterocycles. The number of anilines is 1. The van der Waals surface area contributed by atoms with E-state index in [-0.39, 0.29) is 5.28 Å². The van der Waals surface area contributed by atoms with Gasteiger partial charge < -0.3 is 4.90 Å². The van der Waals surface area contributed by atoms with Gasteiger partial charge in [-0.05, 0) is 24.4 Å². The van der Waals surface area contributed by atoms with E-state index in [1.165, 1.54) is 25.7 Å². The molecule has 1 aromatic rings. The summed E-state index contributed by atoms with van der Waals surface area (Å²) in [5, 5.41) is 7.80. The maximum atomic E-state index is 5.93. The van der Waals surface area contributed by atoms with Crippen molar-refractivity contribution in [2.45, 2.75) is 31.7 Å². The lowest BCUT2D eigenvalue weighted by Gasteiger charge is -2.25. The highest BCUT2D eigenvalue weighted by Gasteiger charge is 2.23. The van der Waals surface area contributed by atoms with Gasteiger partial charge in [-0.2, -0.15) is 4.98 Å². The van der Waals surface area contributed by atoms with Crippen LogP contribution in [0.3, 0.4) is 0 Å². The second-order valence-corrected chi connectivity index (χ2v) is 4.44. The molecule has 15 heavy (non-hydrogen) atoms. The van der Waals surface area contributed by atoms with Gasteiger partial charge in [0, 0.05) is 13.1 Å². The Labute approximate surface area is 98.6 Å². The van der Waals surface area contributed by atoms with Gasteiger partial charge in [0.15, 0.2) is 11.0 Å². The zero-order valence-corrected chi connectivity index (χ0v) is 9.96. The Balaban J connectivity index is 2.23. The molecule has 0 aliphatic heterocycles. The SMILES string of the molecule is CN(c1nc(Cl)nnc1Cl)C1CCCC1. The minimum Gasteiger partial charge on any atom is -0.354 e. The van der Waals surface area contributed by atoms with Crippen molar-refractivity contribution in [3.63, 3.8) is 0 Å². The molecule has 1 saturated carbocycles. The van der Waals surface area contributed by atoms with Gasteiger partial charge in [0.2, 0.25) is 5.28 Å². The topological polar surface area (TPSA) is 41.9 Å². The molecule has 0 N–H and O–H groups in total. The third-order valence-electron chi connectivity index (χ3n) is 2.81. The van der Waals surface area contributed by atoms with Crippen LogP contribution >= 0.6 is 23.2 Å². The van der Waals surface area contributed by atoms with Crippen molar-refractivity contribution in [2.75, 3.05) is 11.9 Å². The van der Waals surface area contributed by atoms with Crippen molar-refractivity contribution in [1.82, 2.24) is 15.2 Å². The highest BCUT2D eigenvalue weighted by atomic mass is 35.5. The number of halogens is 2. The molecule has 6 heteroatoms. The van der Waals surface area contributed by atoms with E-state index >= 15 is 0 Å². The number of hydrogen-bond donors (Lipinski definition) is 0. The normalized spacial score (nSPS) is 17.0. The first-order valence-corrected chi connectivity index (χ1v) is 5.72. The standard InChI is InChI=1S/C9H12Cl2N4/c1-15(6-4-2-3-5-6)8-7(10)13-14-9(11)12-8/h6H,2-5H2,1H3. The van der Waals surface area contributed by atoms with Gasteiger partial charge in [0.25, 0.3) is 0 Å². The molecule has 0 aromatic carbocycles. The number of nitrogens with zero attached hydrogens (tertiary/aromatic N) is 4. The molecule has 0 radical (unpaired) electrons. The second-order valence-electron chi connectivity index (χ2n) is 3.74. The average Bonchev–Trinajstić information content (AvgIpc) is 2.74. The minimum absolute atomic E-state index is 0.138. The first-order valence-electron chi connectivity index (χ1n) is 4.97. The average molecular weight is 247 g/mol. The molecule has 1 fully saturated rings. The summed E-state index contributed by atoms with van der Waals surface area (Å²) >= 11 is 11.6. The van der Waals surface area contributed by atoms with E-state index in [4.69, 9.17) is 23.2 Å². The Morgan fingerprint density at radius 2 is 1.87 bits per heavy atom. The quantitative estimate of drug-likeness (QED) is 0.805. The van der Waals surface area contributed by atoms with E-state index in [1.807, 2.05) is 7.05 Å². The Morgan fingerprint density at radius 3 is 2.53 bits per heavy atom. The van der Waals surface area contributed by atoms with Crippen LogP contribution in [-0.4, -0.2) is 28.3 Å². The molecule has 0 bridgehead atoms. The predicted octanol–water partition coefficient (Wildman–Crippen LogP) is 2.56. The molecule has 2 rings (SSSR count). The van der Waals surface area contributed by atoms with Crippen LogP contribution in [0.25, 0.3) is 0 Å². The predicted molar refractivity (Wildman–Crippen MR) is 60.5 cm³/mol. The van der Waals surface area contributed by atoms with E-state index in [0.29, 0.717) is 17.0 Å². The van der Waals surface area contributed by atoms with Crippen molar-refractivity contribution >= 4 is 29.0 Å². The smallest absolute Gasteiger partial charge is 0.245 e. The van der Waals surface area contributed by atoms with E-state index in [0.717, 1.165) is 0 Å². The lowest BCUT2D eigenvalue weighted by atomic mass is 10.2. The molecular formula is C9H12Cl2N4. The fourth-order valence-corrected chi connectivity index (χ4v) is 2.31. The molecule has 0 amide bonds. The fraction of sp³-hybridized carbons (Fsp3) is 0.667. The summed E-state index contributed by atoms with van der Waals surface area (Å²) in [7, 11) is 1.97. The van der Waals surface area contributed by atoms with Crippen LogP contribution in [-0.2, 0) is 0 Å². The van der Waals surface area contributed by atoms with Crippen LogP contribution in [0.4, 0.5) is 5.82 Å². The Hall–Kier alpha value is -0.610. The third-order valence-corrected chi connectivity index (χ3v) is 3.21. The summed E-state index contributed by atoms with van der Waals surface area (Å²) in [6.45, 7) is 0. The minimum atomic E-state index is 0.138. The largest absolute Gasteiger partial charge is 0.354 e. The molecule has 0 spiro atoms. The molecule has 0 atom stereocenters. The molecule has 1 aliphatic carbocycles. The second kappa shape index (κ2) is 4.49. The van der Waals surface area contributed by atoms with Crippen LogP contribution in [0.2, 0.25) is 10.4 Å². The summed E-state index contributed by atoms with van der Waals surface area (Å²) in [6, 6.07) is 0.496. The molecule has 82 valence electrons. The lowest BCUT2D eigenvalue weighted by Crippen LogP contribution is -2.30. The molecule has 1 heterocycles. The number of rotatable bonds is 2. The molecule has 1 aromatic heterocycles. The van der Waals surface area contributed by atoms with Gasteiger partial charge in [0.05, 0.1) is 0 Å². The molecule has 4 nitrogen and oxygen atoms in total. The van der Waals surface area contributed by atoms with Crippen LogP contribution in [0.5, 0.6) is 0 Å². The summed E-state index contributed by atoms with van der Waals surface area (Å²) in [5.41, 5.74) is 0. The van der Waals surface area contributed by atoms with Crippen molar-refractivity contribution in [3.05, 3.63) is 10.4 Å². The van der Waals surface area contributed by atoms with Crippen LogP contribution < -0.4 is 4.90 Å². The first kappa shape index (κ1) is 10.9. The number of aromatic nitrogens is 3. The van der Waals surface area contributed by atoms with Gasteiger partial charge in [0.1, 0.15) is 0 Å². The number of hydrogen-bond acceptors (Lipinski definition) is 4. The van der Waals surface area contributed by atoms with Crippen LogP contribution in [0.1, 0.15) is 25.7 Å². The Bertz CT molecular complexity index is 352. The fourth-order valence-electron chi connectivity index (χ4n) is 1.97. The Morgan fingerprint density at radius 1 is 1.20 bits per heavy atom. The maximum Gasteiger partial charge on any atom is 0.245 e. The molecule has 0 unspecified atom stereocenters. The van der Waals surface area contributed by atoms with Crippen molar-refractivity contribution in [2.24, 2.45) is 0 Å². The van der Waals surface area contributed by atoms with Crippen molar-refractivity contribution < 1.29 is 0 Å². The summed E-state index contributed by atoms with van der Waals surface area (Å²) < 4.78 is 0. The monoisotopic (exact) mass is 246 g/mol. The van der Waals surface area contributed by atoms with Gasteiger partial charge >= 0.3 is 0 Å². The van der Waals surface area contributed by atoms with Crippen LogP contribution in [0, 0.1) is 0 Å². The van der Waals surface area contributed by atoms with Crippen molar-refractivity contribution in [1.29, 1.82) is 0 Å². The van der Waals surface area contributed by atoms with Crippen molar-refractivity contribution in [3.8, 4) is 0 Å². The summed E-state index contributed by atoms with van der Waals surface area (Å²) in [5.74, 6) is 0.628. The van der Waals surface area contributed by atoms with E-state index in [2.05, 4.69) is 20.1 Å². The third kappa shape index (κ3) is 2.32. The molecule has 1 aliphatic rings. The van der Waals surface area contributed by atoms with Gasteiger partial charge in [-0.3, -0.25) is 0 Å². The zero-order valence-electron chi connectivity index (χ0n) is 8.45. The zero-order chi connectivity index (χ0) is 10.8. The first-order chi connectivity index (χ1) is 7.18. The van der Waals surface area contributed by atoms with E-state index in [1.54, 1.807) is 0 Å². The maximum absolute atomic E-state index is 5.93. The molecular weight excluding hydrogens is 235 g/mol. The highest BCUT2D eigenvalue weighted by Crippen LogP contribution is 2.29. The van der Waals surface area contributed by atoms with Crippen LogP contribution in [0.15, 0.2) is 0 Å². The van der Waals surface area contributed by atoms with Gasteiger partial charge in [-0.15, -0.1) is 10.2 Å². The lowest BCUT2D eigenvalue weighted by molar-refractivity contribution is 0.643. The Kier molecular flexibility index (Phi) is 3.26. The summed E-state index contributed by atoms with van der Waals surface area (Å²) in [6.07, 6.45) is 4.88. The highest BCUT2D eigenvalue weighted by molar-refractivity contribution is 6.32. The van der Waals surface area contributed by atoms with E-state index < -0.39 is 0 Å².